The molecule has 0 saturated carbocycles. The normalized spacial score (nSPS) is 12.7. The number of primary sulfonamides is 2. The first-order valence-corrected chi connectivity index (χ1v) is 7.07. The number of benzene rings is 1. The zero-order chi connectivity index (χ0) is 11.7. The predicted molar refractivity (Wildman–Crippen MR) is 54.6 cm³/mol. The first-order chi connectivity index (χ1) is 6.70. The number of nitrogens with two attached hydrogens (primary N) is 2. The second kappa shape index (κ2) is 3.89. The zero-order valence-corrected chi connectivity index (χ0v) is 9.25. The highest BCUT2D eigenvalue weighted by molar-refractivity contribution is 7.89. The van der Waals surface area contributed by atoms with Crippen LogP contribution in [0.15, 0.2) is 29.2 Å². The molecule has 0 fully saturated rings. The maximum Gasteiger partial charge on any atom is 0.238 e. The fourth-order valence-electron chi connectivity index (χ4n) is 1.12. The minimum Gasteiger partial charge on any atom is -0.228 e. The van der Waals surface area contributed by atoms with Crippen molar-refractivity contribution in [3.63, 3.8) is 0 Å². The molecule has 84 valence electrons. The molecule has 1 aromatic carbocycles. The summed E-state index contributed by atoms with van der Waals surface area (Å²) in [6.45, 7) is 0. The minimum absolute atomic E-state index is 0.0718. The van der Waals surface area contributed by atoms with Crippen molar-refractivity contribution in [2.45, 2.75) is 10.6 Å². The quantitative estimate of drug-likeness (QED) is 0.723. The first-order valence-electron chi connectivity index (χ1n) is 3.81. The Morgan fingerprint density at radius 1 is 1.00 bits per heavy atom. The van der Waals surface area contributed by atoms with Crippen LogP contribution >= 0.6 is 0 Å². The third-order valence-corrected chi connectivity index (χ3v) is 3.36. The molecule has 0 radical (unpaired) electrons. The van der Waals surface area contributed by atoms with E-state index in [1.54, 1.807) is 0 Å². The fraction of sp³-hybridized carbons (Fsp3) is 0.143. The molecule has 0 aliphatic heterocycles. The molecule has 0 aliphatic rings. The van der Waals surface area contributed by atoms with Gasteiger partial charge in [-0.2, -0.15) is 0 Å². The van der Waals surface area contributed by atoms with Gasteiger partial charge in [0, 0.05) is 0 Å². The summed E-state index contributed by atoms with van der Waals surface area (Å²) in [6.07, 6.45) is 0. The molecule has 1 aromatic rings. The third kappa shape index (κ3) is 3.59. The Morgan fingerprint density at radius 3 is 2.00 bits per heavy atom. The molecule has 0 spiro atoms. The second-order valence-electron chi connectivity index (χ2n) is 2.96. The van der Waals surface area contributed by atoms with Gasteiger partial charge in [0.15, 0.2) is 0 Å². The molecule has 15 heavy (non-hydrogen) atoms. The SMILES string of the molecule is NS(=O)(=O)Cc1ccccc1S(N)(=O)=O. The molecular formula is C7H10N2O4S2. The van der Waals surface area contributed by atoms with E-state index < -0.39 is 25.8 Å². The van der Waals surface area contributed by atoms with Crippen LogP contribution < -0.4 is 10.3 Å². The van der Waals surface area contributed by atoms with E-state index in [1.807, 2.05) is 0 Å². The molecule has 0 unspecified atom stereocenters. The molecule has 0 amide bonds. The predicted octanol–water partition coefficient (Wildman–Crippen LogP) is -0.877. The highest BCUT2D eigenvalue weighted by atomic mass is 32.2. The van der Waals surface area contributed by atoms with Crippen molar-refractivity contribution in [2.24, 2.45) is 10.3 Å². The average Bonchev–Trinajstić information content (AvgIpc) is 1.99. The standard InChI is InChI=1S/C7H10N2O4S2/c8-14(10,11)5-6-3-1-2-4-7(6)15(9,12)13/h1-4H,5H2,(H2,8,10,11)(H2,9,12,13). The summed E-state index contributed by atoms with van der Waals surface area (Å²) in [5, 5.41) is 9.73. The van der Waals surface area contributed by atoms with Crippen molar-refractivity contribution in [2.75, 3.05) is 0 Å². The summed E-state index contributed by atoms with van der Waals surface area (Å²) in [5.74, 6) is -0.556. The monoisotopic (exact) mass is 250 g/mol. The largest absolute Gasteiger partial charge is 0.238 e. The summed E-state index contributed by atoms with van der Waals surface area (Å²) >= 11 is 0. The van der Waals surface area contributed by atoms with Gasteiger partial charge in [-0.05, 0) is 11.6 Å². The molecule has 1 rings (SSSR count). The van der Waals surface area contributed by atoms with Crippen LogP contribution in [0.25, 0.3) is 0 Å². The maximum absolute atomic E-state index is 11.1. The van der Waals surface area contributed by atoms with Gasteiger partial charge < -0.3 is 0 Å². The molecule has 6 nitrogen and oxygen atoms in total. The Bertz CT molecular complexity index is 562. The molecule has 0 heterocycles. The molecule has 8 heteroatoms. The van der Waals surface area contributed by atoms with Crippen LogP contribution in [-0.4, -0.2) is 16.8 Å². The van der Waals surface area contributed by atoms with Crippen molar-refractivity contribution < 1.29 is 16.8 Å². The van der Waals surface area contributed by atoms with Crippen molar-refractivity contribution in [1.29, 1.82) is 0 Å². The van der Waals surface area contributed by atoms with Crippen LogP contribution in [0.4, 0.5) is 0 Å². The van der Waals surface area contributed by atoms with E-state index in [2.05, 4.69) is 0 Å². The van der Waals surface area contributed by atoms with Crippen LogP contribution in [0.2, 0.25) is 0 Å². The highest BCUT2D eigenvalue weighted by Gasteiger charge is 2.16. The van der Waals surface area contributed by atoms with Gasteiger partial charge >= 0.3 is 0 Å². The Labute approximate surface area is 88.0 Å². The van der Waals surface area contributed by atoms with E-state index in [0.717, 1.165) is 0 Å². The lowest BCUT2D eigenvalue weighted by molar-refractivity contribution is 0.594. The summed E-state index contributed by atoms with van der Waals surface area (Å²) < 4.78 is 43.8. The Hall–Kier alpha value is -0.960. The fourth-order valence-corrected chi connectivity index (χ4v) is 2.67. The highest BCUT2D eigenvalue weighted by Crippen LogP contribution is 2.15. The number of hydrogen-bond acceptors (Lipinski definition) is 4. The number of sulfonamides is 2. The summed E-state index contributed by atoms with van der Waals surface area (Å²) in [5.41, 5.74) is 0.0718. The second-order valence-corrected chi connectivity index (χ2v) is 6.10. The first kappa shape index (κ1) is 12.1. The molecule has 4 N–H and O–H groups in total. The van der Waals surface area contributed by atoms with E-state index in [-0.39, 0.29) is 10.5 Å². The van der Waals surface area contributed by atoms with E-state index in [0.29, 0.717) is 0 Å². The van der Waals surface area contributed by atoms with Gasteiger partial charge in [-0.1, -0.05) is 18.2 Å². The van der Waals surface area contributed by atoms with E-state index in [1.165, 1.54) is 24.3 Å². The van der Waals surface area contributed by atoms with Crippen LogP contribution in [-0.2, 0) is 25.8 Å². The van der Waals surface area contributed by atoms with E-state index in [9.17, 15) is 16.8 Å². The van der Waals surface area contributed by atoms with Gasteiger partial charge in [0.25, 0.3) is 0 Å². The maximum atomic E-state index is 11.1. The molecule has 0 atom stereocenters. The molecular weight excluding hydrogens is 240 g/mol. The van der Waals surface area contributed by atoms with E-state index >= 15 is 0 Å². The summed E-state index contributed by atoms with van der Waals surface area (Å²) in [6, 6.07) is 5.54. The van der Waals surface area contributed by atoms with Crippen LogP contribution in [0, 0.1) is 0 Å². The third-order valence-electron chi connectivity index (χ3n) is 1.64. The van der Waals surface area contributed by atoms with Crippen molar-refractivity contribution in [1.82, 2.24) is 0 Å². The van der Waals surface area contributed by atoms with Gasteiger partial charge in [-0.3, -0.25) is 0 Å². The van der Waals surface area contributed by atoms with E-state index in [4.69, 9.17) is 10.3 Å². The van der Waals surface area contributed by atoms with Crippen molar-refractivity contribution >= 4 is 20.0 Å². The van der Waals surface area contributed by atoms with Gasteiger partial charge in [0.1, 0.15) is 0 Å². The molecule has 0 bridgehead atoms. The topological polar surface area (TPSA) is 120 Å². The number of rotatable bonds is 3. The van der Waals surface area contributed by atoms with Crippen molar-refractivity contribution in [3.8, 4) is 0 Å². The average molecular weight is 250 g/mol. The van der Waals surface area contributed by atoms with Crippen LogP contribution in [0.1, 0.15) is 5.56 Å². The van der Waals surface area contributed by atoms with Crippen molar-refractivity contribution in [3.05, 3.63) is 29.8 Å². The lowest BCUT2D eigenvalue weighted by atomic mass is 10.2. The molecule has 0 aromatic heterocycles. The molecule has 0 aliphatic carbocycles. The number of hydrogen-bond donors (Lipinski definition) is 2. The minimum atomic E-state index is -3.93. The lowest BCUT2D eigenvalue weighted by Crippen LogP contribution is -2.19. The lowest BCUT2D eigenvalue weighted by Gasteiger charge is -2.05. The van der Waals surface area contributed by atoms with Gasteiger partial charge in [-0.15, -0.1) is 0 Å². The summed E-state index contributed by atoms with van der Waals surface area (Å²) in [7, 11) is -7.71. The van der Waals surface area contributed by atoms with Gasteiger partial charge in [0.05, 0.1) is 10.6 Å². The Balaban J connectivity index is 3.32. The Kier molecular flexibility index (Phi) is 3.14. The van der Waals surface area contributed by atoms with Gasteiger partial charge in [-0.25, -0.2) is 27.1 Å². The summed E-state index contributed by atoms with van der Waals surface area (Å²) in [4.78, 5) is -0.223. The smallest absolute Gasteiger partial charge is 0.228 e. The van der Waals surface area contributed by atoms with Crippen LogP contribution in [0.5, 0.6) is 0 Å². The molecule has 0 saturated heterocycles. The van der Waals surface area contributed by atoms with Crippen LogP contribution in [0.3, 0.4) is 0 Å². The van der Waals surface area contributed by atoms with Gasteiger partial charge in [0.2, 0.25) is 20.0 Å². The Morgan fingerprint density at radius 2 is 1.53 bits per heavy atom. The zero-order valence-electron chi connectivity index (χ0n) is 7.62.